The van der Waals surface area contributed by atoms with Gasteiger partial charge in [0, 0.05) is 28.9 Å². The Hall–Kier alpha value is -1.45. The molecular formula is C12H17NO6S2. The highest BCUT2D eigenvalue weighted by Gasteiger charge is 2.13. The summed E-state index contributed by atoms with van der Waals surface area (Å²) in [5.74, 6) is -0.104. The summed E-state index contributed by atoms with van der Waals surface area (Å²) in [6.07, 6.45) is 0. The molecule has 0 spiro atoms. The van der Waals surface area contributed by atoms with Gasteiger partial charge < -0.3 is 9.84 Å². The van der Waals surface area contributed by atoms with E-state index in [2.05, 4.69) is 4.72 Å². The van der Waals surface area contributed by atoms with E-state index in [-0.39, 0.29) is 22.9 Å². The van der Waals surface area contributed by atoms with Gasteiger partial charge in [-0.25, -0.2) is 17.9 Å². The number of hydrogen-bond donors (Lipinski definition) is 2. The lowest BCUT2D eigenvalue weighted by molar-refractivity contribution is -0.139. The largest absolute Gasteiger partial charge is 0.482 e. The van der Waals surface area contributed by atoms with Crippen molar-refractivity contribution < 1.29 is 27.3 Å². The lowest BCUT2D eigenvalue weighted by Gasteiger charge is -2.07. The number of aliphatic carboxylic acids is 1. The lowest BCUT2D eigenvalue weighted by atomic mass is 10.3. The second-order valence-electron chi connectivity index (χ2n) is 3.98. The van der Waals surface area contributed by atoms with Crippen LogP contribution in [0.25, 0.3) is 0 Å². The second-order valence-corrected chi connectivity index (χ2v) is 7.62. The van der Waals surface area contributed by atoms with Gasteiger partial charge in [0.15, 0.2) is 6.61 Å². The highest BCUT2D eigenvalue weighted by atomic mass is 32.2. The summed E-state index contributed by atoms with van der Waals surface area (Å²) >= 11 is 0. The van der Waals surface area contributed by atoms with E-state index in [1.54, 1.807) is 6.92 Å². The zero-order chi connectivity index (χ0) is 15.9. The average Bonchev–Trinajstić information content (AvgIpc) is 2.45. The summed E-state index contributed by atoms with van der Waals surface area (Å²) < 4.78 is 42.3. The summed E-state index contributed by atoms with van der Waals surface area (Å²) in [7, 11) is -4.70. The van der Waals surface area contributed by atoms with Crippen molar-refractivity contribution in [1.82, 2.24) is 4.72 Å². The molecule has 118 valence electrons. The molecule has 0 heterocycles. The quantitative estimate of drug-likeness (QED) is 0.667. The van der Waals surface area contributed by atoms with Crippen LogP contribution in [0.1, 0.15) is 6.92 Å². The molecule has 1 rings (SSSR count). The molecule has 7 nitrogen and oxygen atoms in total. The molecule has 1 aromatic rings. The molecule has 9 heteroatoms. The zero-order valence-corrected chi connectivity index (χ0v) is 13.1. The van der Waals surface area contributed by atoms with Crippen LogP contribution in [0.4, 0.5) is 0 Å². The van der Waals surface area contributed by atoms with Gasteiger partial charge in [-0.3, -0.25) is 4.21 Å². The molecule has 0 radical (unpaired) electrons. The highest BCUT2D eigenvalue weighted by molar-refractivity contribution is 7.89. The third-order valence-corrected chi connectivity index (χ3v) is 5.22. The van der Waals surface area contributed by atoms with Crippen LogP contribution < -0.4 is 9.46 Å². The molecule has 0 aliphatic carbocycles. The number of nitrogens with one attached hydrogen (secondary N) is 1. The summed E-state index contributed by atoms with van der Waals surface area (Å²) in [6.45, 7) is 1.37. The van der Waals surface area contributed by atoms with Crippen LogP contribution in [0.5, 0.6) is 5.75 Å². The molecule has 0 saturated carbocycles. The minimum Gasteiger partial charge on any atom is -0.482 e. The van der Waals surface area contributed by atoms with E-state index >= 15 is 0 Å². The van der Waals surface area contributed by atoms with E-state index in [1.165, 1.54) is 24.3 Å². The fraction of sp³-hybridized carbons (Fsp3) is 0.417. The number of ether oxygens (including phenoxy) is 1. The molecule has 0 aliphatic rings. The van der Waals surface area contributed by atoms with E-state index in [9.17, 15) is 17.4 Å². The molecular weight excluding hydrogens is 318 g/mol. The van der Waals surface area contributed by atoms with Crippen molar-refractivity contribution in [3.05, 3.63) is 24.3 Å². The van der Waals surface area contributed by atoms with E-state index in [1.807, 2.05) is 0 Å². The Morgan fingerprint density at radius 2 is 1.95 bits per heavy atom. The number of carbonyl (C=O) groups is 1. The molecule has 21 heavy (non-hydrogen) atoms. The Morgan fingerprint density at radius 3 is 2.48 bits per heavy atom. The van der Waals surface area contributed by atoms with Crippen LogP contribution in [0, 0.1) is 0 Å². The van der Waals surface area contributed by atoms with Gasteiger partial charge in [0.25, 0.3) is 0 Å². The third kappa shape index (κ3) is 6.23. The van der Waals surface area contributed by atoms with Gasteiger partial charge in [-0.15, -0.1) is 0 Å². The van der Waals surface area contributed by atoms with Gasteiger partial charge in [-0.2, -0.15) is 0 Å². The molecule has 0 amide bonds. The number of hydrogen-bond acceptors (Lipinski definition) is 5. The molecule has 2 N–H and O–H groups in total. The van der Waals surface area contributed by atoms with Crippen LogP contribution in [-0.4, -0.2) is 48.4 Å². The Morgan fingerprint density at radius 1 is 1.33 bits per heavy atom. The first-order chi connectivity index (χ1) is 9.85. The number of carboxylic acid groups (broad SMARTS) is 1. The molecule has 0 fully saturated rings. The minimum atomic E-state index is -3.67. The monoisotopic (exact) mass is 335 g/mol. The van der Waals surface area contributed by atoms with Crippen molar-refractivity contribution in [3.63, 3.8) is 0 Å². The van der Waals surface area contributed by atoms with Gasteiger partial charge in [-0.05, 0) is 24.3 Å². The van der Waals surface area contributed by atoms with Crippen LogP contribution in [0.15, 0.2) is 29.2 Å². The SMILES string of the molecule is CCS(=O)CCNS(=O)(=O)c1ccc(OCC(=O)O)cc1. The van der Waals surface area contributed by atoms with Gasteiger partial charge >= 0.3 is 5.97 Å². The summed E-state index contributed by atoms with van der Waals surface area (Å²) in [4.78, 5) is 10.4. The zero-order valence-electron chi connectivity index (χ0n) is 11.4. The summed E-state index contributed by atoms with van der Waals surface area (Å²) in [5, 5.41) is 8.47. The maximum Gasteiger partial charge on any atom is 0.341 e. The smallest absolute Gasteiger partial charge is 0.341 e. The van der Waals surface area contributed by atoms with Crippen LogP contribution >= 0.6 is 0 Å². The molecule has 1 atom stereocenters. The standard InChI is InChI=1S/C12H17NO6S2/c1-2-20(16)8-7-13-21(17,18)11-5-3-10(4-6-11)19-9-12(14)15/h3-6,13H,2,7-9H2,1H3,(H,14,15). The van der Waals surface area contributed by atoms with Crippen molar-refractivity contribution in [2.45, 2.75) is 11.8 Å². The number of benzene rings is 1. The Labute approximate surface area is 125 Å². The fourth-order valence-electron chi connectivity index (χ4n) is 1.38. The highest BCUT2D eigenvalue weighted by Crippen LogP contribution is 2.15. The van der Waals surface area contributed by atoms with E-state index in [4.69, 9.17) is 9.84 Å². The summed E-state index contributed by atoms with van der Waals surface area (Å²) in [6, 6.07) is 5.38. The molecule has 0 aromatic heterocycles. The second kappa shape index (κ2) is 8.11. The van der Waals surface area contributed by atoms with Crippen LogP contribution in [-0.2, 0) is 25.6 Å². The first-order valence-corrected chi connectivity index (χ1v) is 9.11. The number of rotatable bonds is 9. The lowest BCUT2D eigenvalue weighted by Crippen LogP contribution is -2.28. The molecule has 0 bridgehead atoms. The normalized spacial score (nSPS) is 12.8. The maximum atomic E-state index is 11.9. The van der Waals surface area contributed by atoms with Crippen molar-refractivity contribution in [1.29, 1.82) is 0 Å². The van der Waals surface area contributed by atoms with Crippen molar-refractivity contribution in [2.24, 2.45) is 0 Å². The van der Waals surface area contributed by atoms with E-state index in [0.717, 1.165) is 0 Å². The maximum absolute atomic E-state index is 11.9. The van der Waals surface area contributed by atoms with Crippen molar-refractivity contribution in [3.8, 4) is 5.75 Å². The third-order valence-electron chi connectivity index (χ3n) is 2.44. The Kier molecular flexibility index (Phi) is 6.79. The number of sulfonamides is 1. The average molecular weight is 335 g/mol. The Bertz CT molecular complexity index is 597. The predicted molar refractivity (Wildman–Crippen MR) is 78.3 cm³/mol. The molecule has 1 aromatic carbocycles. The van der Waals surface area contributed by atoms with Gasteiger partial charge in [0.1, 0.15) is 5.75 Å². The summed E-state index contributed by atoms with van der Waals surface area (Å²) in [5.41, 5.74) is 0. The minimum absolute atomic E-state index is 0.0347. The molecule has 1 unspecified atom stereocenters. The van der Waals surface area contributed by atoms with Crippen LogP contribution in [0.2, 0.25) is 0 Å². The van der Waals surface area contributed by atoms with Gasteiger partial charge in [-0.1, -0.05) is 6.92 Å². The van der Waals surface area contributed by atoms with Crippen LogP contribution in [0.3, 0.4) is 0 Å². The molecule has 0 aliphatic heterocycles. The Balaban J connectivity index is 2.62. The molecule has 0 saturated heterocycles. The van der Waals surface area contributed by atoms with Gasteiger partial charge in [0.05, 0.1) is 4.90 Å². The topological polar surface area (TPSA) is 110 Å². The van der Waals surface area contributed by atoms with Crippen molar-refractivity contribution >= 4 is 26.8 Å². The first kappa shape index (κ1) is 17.6. The van der Waals surface area contributed by atoms with E-state index < -0.39 is 33.4 Å². The first-order valence-electron chi connectivity index (χ1n) is 6.14. The number of carboxylic acids is 1. The van der Waals surface area contributed by atoms with E-state index in [0.29, 0.717) is 5.75 Å². The van der Waals surface area contributed by atoms with Crippen molar-refractivity contribution in [2.75, 3.05) is 24.7 Å². The predicted octanol–water partition coefficient (Wildman–Crippen LogP) is 0.197. The van der Waals surface area contributed by atoms with Gasteiger partial charge in [0.2, 0.25) is 10.0 Å². The fourth-order valence-corrected chi connectivity index (χ4v) is 3.16.